The number of methoxy groups -OCH3 is 1. The minimum absolute atomic E-state index is 0.147. The number of pyridine rings is 1. The third kappa shape index (κ3) is 4.96. The number of alkyl halides is 3. The summed E-state index contributed by atoms with van der Waals surface area (Å²) in [7, 11) is 1.33. The molecule has 1 aromatic heterocycles. The summed E-state index contributed by atoms with van der Waals surface area (Å²) in [5.41, 5.74) is -3.81. The van der Waals surface area contributed by atoms with E-state index in [0.29, 0.717) is 17.1 Å². The quantitative estimate of drug-likeness (QED) is 0.384. The van der Waals surface area contributed by atoms with E-state index >= 15 is 0 Å². The molecule has 3 rings (SSSR count). The van der Waals surface area contributed by atoms with Crippen LogP contribution in [0.5, 0.6) is 5.75 Å². The van der Waals surface area contributed by atoms with E-state index in [4.69, 9.17) is 10.00 Å². The molecule has 2 aromatic carbocycles. The van der Waals surface area contributed by atoms with Crippen molar-refractivity contribution >= 4 is 22.8 Å². The molecule has 0 aliphatic rings. The Labute approximate surface area is 188 Å². The number of nitrogens with zero attached hydrogens (tertiary/aromatic N) is 3. The summed E-state index contributed by atoms with van der Waals surface area (Å²) < 4.78 is 61.1. The zero-order valence-corrected chi connectivity index (χ0v) is 18.1. The normalized spacial score (nSPS) is 14.3. The minimum Gasteiger partial charge on any atom is -0.496 e. The number of fused-ring (bicyclic) bond motifs is 1. The molecule has 0 aliphatic heterocycles. The molecule has 0 bridgehead atoms. The van der Waals surface area contributed by atoms with Crippen LogP contribution in [0.15, 0.2) is 53.5 Å². The smallest absolute Gasteiger partial charge is 0.422 e. The Bertz CT molecular complexity index is 1250. The molecule has 1 N–H and O–H groups in total. The molecule has 0 fully saturated rings. The van der Waals surface area contributed by atoms with Crippen LogP contribution in [0, 0.1) is 17.1 Å². The lowest BCUT2D eigenvalue weighted by atomic mass is 9.74. The van der Waals surface area contributed by atoms with Gasteiger partial charge in [0.1, 0.15) is 23.3 Å². The number of aliphatic imine (C=N–C) groups is 1. The van der Waals surface area contributed by atoms with E-state index in [2.05, 4.69) is 9.98 Å². The van der Waals surface area contributed by atoms with Gasteiger partial charge in [-0.1, -0.05) is 19.9 Å². The van der Waals surface area contributed by atoms with Crippen molar-refractivity contribution in [2.45, 2.75) is 37.5 Å². The molecule has 0 aliphatic carbocycles. The van der Waals surface area contributed by atoms with Crippen LogP contribution >= 0.6 is 0 Å². The van der Waals surface area contributed by atoms with Crippen LogP contribution in [0.3, 0.4) is 0 Å². The Hall–Kier alpha value is -3.51. The number of halogens is 4. The first kappa shape index (κ1) is 24.1. The van der Waals surface area contributed by atoms with E-state index in [1.165, 1.54) is 51.3 Å². The van der Waals surface area contributed by atoms with Crippen LogP contribution in [0.2, 0.25) is 0 Å². The highest BCUT2D eigenvalue weighted by molar-refractivity contribution is 5.92. The van der Waals surface area contributed by atoms with E-state index in [1.54, 1.807) is 6.07 Å². The Kier molecular flexibility index (Phi) is 6.43. The van der Waals surface area contributed by atoms with Crippen molar-refractivity contribution in [1.82, 2.24) is 4.98 Å². The summed E-state index contributed by atoms with van der Waals surface area (Å²) in [6.45, 7) is 2.92. The number of benzene rings is 2. The maximum atomic E-state index is 14.0. The molecule has 3 aromatic rings. The Morgan fingerprint density at radius 2 is 1.88 bits per heavy atom. The number of hydrogen-bond acceptors (Lipinski definition) is 5. The Balaban J connectivity index is 2.04. The monoisotopic (exact) mass is 459 g/mol. The first-order valence-electron chi connectivity index (χ1n) is 9.88. The second-order valence-electron chi connectivity index (χ2n) is 8.24. The van der Waals surface area contributed by atoms with E-state index in [1.807, 2.05) is 6.07 Å². The molecule has 0 spiro atoms. The highest BCUT2D eigenvalue weighted by atomic mass is 19.4. The first-order valence-corrected chi connectivity index (χ1v) is 9.88. The maximum Gasteiger partial charge on any atom is 0.422 e. The van der Waals surface area contributed by atoms with Gasteiger partial charge < -0.3 is 9.84 Å². The number of rotatable bonds is 6. The predicted molar refractivity (Wildman–Crippen MR) is 116 cm³/mol. The van der Waals surface area contributed by atoms with Crippen LogP contribution in [0.4, 0.5) is 23.2 Å². The van der Waals surface area contributed by atoms with Crippen LogP contribution in [-0.2, 0) is 5.41 Å². The topological polar surface area (TPSA) is 78.5 Å². The van der Waals surface area contributed by atoms with Gasteiger partial charge in [0.15, 0.2) is 5.60 Å². The largest absolute Gasteiger partial charge is 0.496 e. The molecule has 33 heavy (non-hydrogen) atoms. The fourth-order valence-electron chi connectivity index (χ4n) is 3.69. The van der Waals surface area contributed by atoms with E-state index in [0.717, 1.165) is 12.1 Å². The lowest BCUT2D eigenvalue weighted by molar-refractivity contribution is -0.234. The molecule has 5 nitrogen and oxygen atoms in total. The molecule has 1 unspecified atom stereocenters. The number of aliphatic hydroxyl groups is 1. The molecule has 1 heterocycles. The highest BCUT2D eigenvalue weighted by Crippen LogP contribution is 2.43. The van der Waals surface area contributed by atoms with Gasteiger partial charge in [-0.15, -0.1) is 0 Å². The maximum absolute atomic E-state index is 14.0. The summed E-state index contributed by atoms with van der Waals surface area (Å²) >= 11 is 0. The molecule has 9 heteroatoms. The molecule has 1 atom stereocenters. The van der Waals surface area contributed by atoms with Crippen LogP contribution in [0.1, 0.15) is 31.5 Å². The van der Waals surface area contributed by atoms with Gasteiger partial charge in [-0.25, -0.2) is 9.37 Å². The van der Waals surface area contributed by atoms with Crippen LogP contribution in [-0.4, -0.2) is 35.2 Å². The average Bonchev–Trinajstić information content (AvgIpc) is 2.76. The summed E-state index contributed by atoms with van der Waals surface area (Å²) in [6, 6.07) is 13.0. The van der Waals surface area contributed by atoms with Gasteiger partial charge in [-0.2, -0.15) is 18.4 Å². The zero-order chi connectivity index (χ0) is 24.4. The second kappa shape index (κ2) is 8.79. The first-order chi connectivity index (χ1) is 15.4. The van der Waals surface area contributed by atoms with Gasteiger partial charge in [0, 0.05) is 17.2 Å². The van der Waals surface area contributed by atoms with Crippen LogP contribution in [0.25, 0.3) is 10.9 Å². The molecule has 0 saturated carbocycles. The fourth-order valence-corrected chi connectivity index (χ4v) is 3.69. The highest BCUT2D eigenvalue weighted by Gasteiger charge is 2.55. The van der Waals surface area contributed by atoms with E-state index < -0.39 is 29.4 Å². The fraction of sp³-hybridized carbons (Fsp3) is 0.292. The second-order valence-corrected chi connectivity index (χ2v) is 8.24. The third-order valence-electron chi connectivity index (χ3n) is 5.33. The minimum atomic E-state index is -5.06. The van der Waals surface area contributed by atoms with Gasteiger partial charge >= 0.3 is 6.18 Å². The molecular weight excluding hydrogens is 438 g/mol. The number of aromatic nitrogens is 1. The summed E-state index contributed by atoms with van der Waals surface area (Å²) in [4.78, 5) is 8.05. The van der Waals surface area contributed by atoms with E-state index in [9.17, 15) is 22.7 Å². The van der Waals surface area contributed by atoms with Crippen molar-refractivity contribution in [3.63, 3.8) is 0 Å². The third-order valence-corrected chi connectivity index (χ3v) is 5.33. The van der Waals surface area contributed by atoms with E-state index in [-0.39, 0.29) is 22.7 Å². The van der Waals surface area contributed by atoms with Gasteiger partial charge in [0.2, 0.25) is 0 Å². The lowest BCUT2D eigenvalue weighted by Gasteiger charge is -2.36. The van der Waals surface area contributed by atoms with Crippen molar-refractivity contribution in [1.29, 1.82) is 5.26 Å². The van der Waals surface area contributed by atoms with Crippen molar-refractivity contribution in [2.75, 3.05) is 7.11 Å². The molecule has 0 amide bonds. The summed E-state index contributed by atoms with van der Waals surface area (Å²) in [5, 5.41) is 20.1. The Morgan fingerprint density at radius 1 is 1.15 bits per heavy atom. The number of ether oxygens (including phenoxy) is 1. The van der Waals surface area contributed by atoms with Gasteiger partial charge in [0.25, 0.3) is 0 Å². The summed E-state index contributed by atoms with van der Waals surface area (Å²) in [5.74, 6) is -0.431. The molecular formula is C24H21F4N3O2. The molecule has 0 saturated heterocycles. The van der Waals surface area contributed by atoms with Gasteiger partial charge in [-0.05, 0) is 54.3 Å². The molecule has 172 valence electrons. The van der Waals surface area contributed by atoms with Crippen molar-refractivity contribution < 1.29 is 27.4 Å². The predicted octanol–water partition coefficient (Wildman–Crippen LogP) is 5.62. The van der Waals surface area contributed by atoms with Crippen molar-refractivity contribution in [2.24, 2.45) is 4.99 Å². The standard InChI is InChI=1S/C24H21F4N3O2/c1-22(2,18-11-15(25)7-10-21(18)33-3)13-23(32,24(26,27)28)14-30-19-5-4-6-20-17(19)9-8-16(12-29)31-20/h4-11,14,32H,13H2,1-3H3. The van der Waals surface area contributed by atoms with Crippen LogP contribution < -0.4 is 4.74 Å². The van der Waals surface area contributed by atoms with Gasteiger partial charge in [0.05, 0.1) is 18.3 Å². The molecule has 0 radical (unpaired) electrons. The van der Waals surface area contributed by atoms with Gasteiger partial charge in [-0.3, -0.25) is 4.99 Å². The number of nitriles is 1. The SMILES string of the molecule is COc1ccc(F)cc1C(C)(C)CC(O)(C=Nc1cccc2nc(C#N)ccc12)C(F)(F)F. The Morgan fingerprint density at radius 3 is 2.52 bits per heavy atom. The van der Waals surface area contributed by atoms with Crippen molar-refractivity contribution in [3.05, 3.63) is 65.6 Å². The summed E-state index contributed by atoms with van der Waals surface area (Å²) in [6.07, 6.45) is -5.45. The van der Waals surface area contributed by atoms with Crippen molar-refractivity contribution in [3.8, 4) is 11.8 Å². The zero-order valence-electron chi connectivity index (χ0n) is 18.1. The lowest BCUT2D eigenvalue weighted by Crippen LogP contribution is -2.50. The number of hydrogen-bond donors (Lipinski definition) is 1. The average molecular weight is 459 g/mol.